The summed E-state index contributed by atoms with van der Waals surface area (Å²) in [5.41, 5.74) is 2.31. The van der Waals surface area contributed by atoms with Crippen molar-refractivity contribution in [1.29, 1.82) is 0 Å². The molecular weight excluding hydrogens is 258 g/mol. The first kappa shape index (κ1) is 11.9. The van der Waals surface area contributed by atoms with Gasteiger partial charge in [0, 0.05) is 10.4 Å². The molecule has 0 unspecified atom stereocenters. The molecule has 0 fully saturated rings. The van der Waals surface area contributed by atoms with Crippen LogP contribution in [0.3, 0.4) is 0 Å². The third-order valence-electron chi connectivity index (χ3n) is 2.74. The minimum atomic E-state index is -0.399. The fourth-order valence-corrected chi connectivity index (χ4v) is 2.39. The standard InChI is InChI=1S/C15H11NO2S/c1-10-4-6-11(7-5-10)14-16-13(15(17)18-14)9-12-3-2-8-19-12/h2-9H,1H3. The van der Waals surface area contributed by atoms with E-state index in [1.165, 1.54) is 0 Å². The van der Waals surface area contributed by atoms with E-state index in [-0.39, 0.29) is 0 Å². The number of carbonyl (C=O) groups excluding carboxylic acids is 1. The highest BCUT2D eigenvalue weighted by Gasteiger charge is 2.23. The Bertz CT molecular complexity index is 667. The Morgan fingerprint density at radius 1 is 1.21 bits per heavy atom. The lowest BCUT2D eigenvalue weighted by Gasteiger charge is -1.99. The number of esters is 1. The molecule has 0 amide bonds. The smallest absolute Gasteiger partial charge is 0.363 e. The summed E-state index contributed by atoms with van der Waals surface area (Å²) < 4.78 is 5.20. The molecule has 0 spiro atoms. The number of ether oxygens (including phenoxy) is 1. The summed E-state index contributed by atoms with van der Waals surface area (Å²) in [7, 11) is 0. The Morgan fingerprint density at radius 2 is 2.00 bits per heavy atom. The minimum absolute atomic E-state index is 0.345. The van der Waals surface area contributed by atoms with Crippen LogP contribution in [0.4, 0.5) is 0 Å². The van der Waals surface area contributed by atoms with E-state index in [1.807, 2.05) is 48.7 Å². The average molecular weight is 269 g/mol. The van der Waals surface area contributed by atoms with Crippen LogP contribution < -0.4 is 0 Å². The van der Waals surface area contributed by atoms with Crippen molar-refractivity contribution in [2.24, 2.45) is 4.99 Å². The Labute approximate surface area is 114 Å². The quantitative estimate of drug-likeness (QED) is 0.619. The number of hydrogen-bond donors (Lipinski definition) is 0. The van der Waals surface area contributed by atoms with E-state index in [0.717, 1.165) is 16.0 Å². The molecule has 0 atom stereocenters. The normalized spacial score (nSPS) is 16.6. The van der Waals surface area contributed by atoms with Gasteiger partial charge in [-0.1, -0.05) is 23.8 Å². The summed E-state index contributed by atoms with van der Waals surface area (Å²) in [6, 6.07) is 11.6. The van der Waals surface area contributed by atoms with E-state index in [4.69, 9.17) is 4.74 Å². The lowest BCUT2D eigenvalue weighted by Crippen LogP contribution is -2.05. The molecule has 4 heteroatoms. The Balaban J connectivity index is 1.93. The maximum atomic E-state index is 11.8. The van der Waals surface area contributed by atoms with Gasteiger partial charge in [-0.2, -0.15) is 0 Å². The van der Waals surface area contributed by atoms with E-state index < -0.39 is 5.97 Å². The van der Waals surface area contributed by atoms with E-state index in [1.54, 1.807) is 17.4 Å². The van der Waals surface area contributed by atoms with Crippen LogP contribution in [0.25, 0.3) is 6.08 Å². The molecule has 19 heavy (non-hydrogen) atoms. The van der Waals surface area contributed by atoms with Gasteiger partial charge in [0.1, 0.15) is 0 Å². The zero-order valence-corrected chi connectivity index (χ0v) is 11.1. The largest absolute Gasteiger partial charge is 0.402 e. The first-order chi connectivity index (χ1) is 9.22. The second-order valence-corrected chi connectivity index (χ2v) is 5.20. The van der Waals surface area contributed by atoms with E-state index in [2.05, 4.69) is 4.99 Å². The Hall–Kier alpha value is -2.20. The molecule has 3 nitrogen and oxygen atoms in total. The predicted octanol–water partition coefficient (Wildman–Crippen LogP) is 3.40. The number of thiophene rings is 1. The fraction of sp³-hybridized carbons (Fsp3) is 0.0667. The van der Waals surface area contributed by atoms with Crippen LogP contribution in [0.1, 0.15) is 16.0 Å². The molecule has 0 N–H and O–H groups in total. The molecule has 1 aromatic heterocycles. The topological polar surface area (TPSA) is 38.7 Å². The average Bonchev–Trinajstić information content (AvgIpc) is 3.02. The highest BCUT2D eigenvalue weighted by Crippen LogP contribution is 2.21. The number of nitrogens with zero attached hydrogens (tertiary/aromatic N) is 1. The summed E-state index contributed by atoms with van der Waals surface area (Å²) in [6.45, 7) is 2.01. The first-order valence-corrected chi connectivity index (χ1v) is 6.73. The summed E-state index contributed by atoms with van der Waals surface area (Å²) >= 11 is 1.56. The molecule has 1 aliphatic rings. The second-order valence-electron chi connectivity index (χ2n) is 4.22. The number of cyclic esters (lactones) is 1. The summed E-state index contributed by atoms with van der Waals surface area (Å²) in [6.07, 6.45) is 1.74. The van der Waals surface area contributed by atoms with Crippen molar-refractivity contribution in [3.8, 4) is 0 Å². The summed E-state index contributed by atoms with van der Waals surface area (Å²) in [4.78, 5) is 17.0. The molecule has 3 rings (SSSR count). The number of aliphatic imine (C=N–C) groups is 1. The first-order valence-electron chi connectivity index (χ1n) is 5.85. The Morgan fingerprint density at radius 3 is 2.68 bits per heavy atom. The number of rotatable bonds is 2. The van der Waals surface area contributed by atoms with Crippen molar-refractivity contribution in [3.63, 3.8) is 0 Å². The van der Waals surface area contributed by atoms with Crippen LogP contribution in [-0.2, 0) is 9.53 Å². The molecule has 1 aliphatic heterocycles. The van der Waals surface area contributed by atoms with E-state index in [9.17, 15) is 4.79 Å². The molecule has 0 saturated heterocycles. The zero-order chi connectivity index (χ0) is 13.2. The van der Waals surface area contributed by atoms with Gasteiger partial charge >= 0.3 is 5.97 Å². The van der Waals surface area contributed by atoms with Crippen molar-refractivity contribution in [2.75, 3.05) is 0 Å². The number of aryl methyl sites for hydroxylation is 1. The van der Waals surface area contributed by atoms with E-state index in [0.29, 0.717) is 11.6 Å². The maximum Gasteiger partial charge on any atom is 0.363 e. The van der Waals surface area contributed by atoms with Gasteiger partial charge in [0.05, 0.1) is 0 Å². The lowest BCUT2D eigenvalue weighted by molar-refractivity contribution is -0.129. The predicted molar refractivity (Wildman–Crippen MR) is 76.1 cm³/mol. The van der Waals surface area contributed by atoms with Crippen molar-refractivity contribution < 1.29 is 9.53 Å². The number of hydrogen-bond acceptors (Lipinski definition) is 4. The highest BCUT2D eigenvalue weighted by molar-refractivity contribution is 7.10. The molecular formula is C15H11NO2S. The van der Waals surface area contributed by atoms with Gasteiger partial charge in [-0.05, 0) is 36.6 Å². The van der Waals surface area contributed by atoms with Gasteiger partial charge in [0.25, 0.3) is 0 Å². The molecule has 0 aliphatic carbocycles. The molecule has 2 heterocycles. The van der Waals surface area contributed by atoms with E-state index >= 15 is 0 Å². The molecule has 94 valence electrons. The van der Waals surface area contributed by atoms with Gasteiger partial charge < -0.3 is 4.74 Å². The van der Waals surface area contributed by atoms with Gasteiger partial charge in [-0.25, -0.2) is 9.79 Å². The van der Waals surface area contributed by atoms with Crippen molar-refractivity contribution in [3.05, 3.63) is 63.5 Å². The highest BCUT2D eigenvalue weighted by atomic mass is 32.1. The fourth-order valence-electron chi connectivity index (χ4n) is 1.74. The maximum absolute atomic E-state index is 11.8. The van der Waals surface area contributed by atoms with Crippen LogP contribution in [0.5, 0.6) is 0 Å². The van der Waals surface area contributed by atoms with Gasteiger partial charge in [-0.15, -0.1) is 11.3 Å². The lowest BCUT2D eigenvalue weighted by atomic mass is 10.1. The molecule has 2 aromatic rings. The molecule has 0 radical (unpaired) electrons. The zero-order valence-electron chi connectivity index (χ0n) is 10.3. The molecule has 0 saturated carbocycles. The third kappa shape index (κ3) is 2.48. The molecule has 1 aromatic carbocycles. The van der Waals surface area contributed by atoms with Crippen molar-refractivity contribution >= 4 is 29.3 Å². The van der Waals surface area contributed by atoms with Crippen LogP contribution in [-0.4, -0.2) is 11.9 Å². The Kier molecular flexibility index (Phi) is 3.01. The summed E-state index contributed by atoms with van der Waals surface area (Å²) in [5, 5.41) is 1.96. The molecule has 0 bridgehead atoms. The van der Waals surface area contributed by atoms with Crippen molar-refractivity contribution in [1.82, 2.24) is 0 Å². The number of carbonyl (C=O) groups is 1. The van der Waals surface area contributed by atoms with Crippen LogP contribution >= 0.6 is 11.3 Å². The van der Waals surface area contributed by atoms with Crippen LogP contribution in [0.2, 0.25) is 0 Å². The third-order valence-corrected chi connectivity index (χ3v) is 3.56. The van der Waals surface area contributed by atoms with Crippen molar-refractivity contribution in [2.45, 2.75) is 6.92 Å². The number of benzene rings is 1. The monoisotopic (exact) mass is 269 g/mol. The van der Waals surface area contributed by atoms with Crippen LogP contribution in [0.15, 0.2) is 52.5 Å². The minimum Gasteiger partial charge on any atom is -0.402 e. The van der Waals surface area contributed by atoms with Gasteiger partial charge in [0.2, 0.25) is 5.90 Å². The van der Waals surface area contributed by atoms with Crippen LogP contribution in [0, 0.1) is 6.92 Å². The van der Waals surface area contributed by atoms with Gasteiger partial charge in [-0.3, -0.25) is 0 Å². The second kappa shape index (κ2) is 4.82. The summed E-state index contributed by atoms with van der Waals surface area (Å²) in [5.74, 6) is -0.0308. The SMILES string of the molecule is Cc1ccc(C2=NC(=Cc3cccs3)C(=O)O2)cc1. The van der Waals surface area contributed by atoms with Gasteiger partial charge in [0.15, 0.2) is 5.70 Å².